The van der Waals surface area contributed by atoms with Crippen molar-refractivity contribution in [1.29, 1.82) is 0 Å². The Hall–Kier alpha value is -3.83. The SMILES string of the molecule is Cc1cc(-c2ncc(=O)[nH]c2-c2cc(C)cc(C(C)(C)C)c2)cc(C(C)(C)C)c1.Cc1cc(B(O)O)cc(C(C)(C)C)c1.O=c1cnc(Br)c(Cl)[nH]1. The van der Waals surface area contributed by atoms with Crippen LogP contribution in [0.5, 0.6) is 0 Å². The van der Waals surface area contributed by atoms with Gasteiger partial charge in [-0.1, -0.05) is 121 Å². The predicted molar refractivity (Wildman–Crippen MR) is 220 cm³/mol. The second kappa shape index (κ2) is 16.9. The predicted octanol–water partition coefficient (Wildman–Crippen LogP) is 8.47. The molecule has 0 atom stereocenters. The third kappa shape index (κ3) is 12.1. The molecular weight excluding hydrogens is 739 g/mol. The van der Waals surface area contributed by atoms with Gasteiger partial charge in [-0.05, 0) is 99.4 Å². The molecule has 5 aromatic rings. The van der Waals surface area contributed by atoms with E-state index >= 15 is 0 Å². The van der Waals surface area contributed by atoms with Crippen LogP contribution < -0.4 is 16.6 Å². The van der Waals surface area contributed by atoms with Crippen molar-refractivity contribution in [2.75, 3.05) is 0 Å². The molecule has 2 heterocycles. The van der Waals surface area contributed by atoms with Crippen molar-refractivity contribution in [2.45, 2.75) is 99.3 Å². The van der Waals surface area contributed by atoms with Crippen molar-refractivity contribution in [3.05, 3.63) is 131 Å². The Balaban J connectivity index is 0.000000260. The fourth-order valence-corrected chi connectivity index (χ4v) is 5.65. The van der Waals surface area contributed by atoms with Gasteiger partial charge in [0.2, 0.25) is 0 Å². The maximum Gasteiger partial charge on any atom is 0.488 e. The smallest absolute Gasteiger partial charge is 0.423 e. The average molecular weight is 790 g/mol. The monoisotopic (exact) mass is 788 g/mol. The standard InChI is InChI=1S/C26H32N2O.C11H17BO2.C4H2BrClN2O/c1-16-9-18(13-20(11-16)25(3,4)5)23-24(28-22(29)15-27-23)19-10-17(2)12-21(14-19)26(6,7)8;1-8-5-9(11(2,3)4)7-10(6-8)12(13)14;5-3-4(6)8-2(9)1-7-3/h9-15H,1-8H3,(H,28,29);5-7,13-14H,1-4H3;1H,(H,8,9). The van der Waals surface area contributed by atoms with E-state index in [-0.39, 0.29) is 32.5 Å². The second-order valence-electron chi connectivity index (χ2n) is 16.3. The third-order valence-electron chi connectivity index (χ3n) is 8.22. The number of H-pyrrole nitrogens is 2. The highest BCUT2D eigenvalue weighted by Gasteiger charge is 2.21. The Morgan fingerprint density at radius 3 is 1.50 bits per heavy atom. The van der Waals surface area contributed by atoms with E-state index in [0.717, 1.165) is 39.8 Å². The zero-order valence-corrected chi connectivity index (χ0v) is 34.6. The molecule has 8 nitrogen and oxygen atoms in total. The van der Waals surface area contributed by atoms with Crippen LogP contribution >= 0.6 is 27.5 Å². The highest BCUT2D eigenvalue weighted by molar-refractivity contribution is 9.10. The molecule has 0 aliphatic heterocycles. The molecule has 0 saturated carbocycles. The maximum atomic E-state index is 12.2. The molecule has 276 valence electrons. The van der Waals surface area contributed by atoms with Crippen molar-refractivity contribution >= 4 is 40.1 Å². The van der Waals surface area contributed by atoms with E-state index in [0.29, 0.717) is 10.1 Å². The molecule has 0 bridgehead atoms. The molecule has 0 amide bonds. The molecule has 3 aromatic carbocycles. The van der Waals surface area contributed by atoms with E-state index in [1.807, 2.05) is 13.0 Å². The highest BCUT2D eigenvalue weighted by atomic mass is 79.9. The Morgan fingerprint density at radius 1 is 0.615 bits per heavy atom. The van der Waals surface area contributed by atoms with Crippen molar-refractivity contribution in [2.24, 2.45) is 0 Å². The summed E-state index contributed by atoms with van der Waals surface area (Å²) >= 11 is 8.47. The number of benzene rings is 3. The molecule has 0 unspecified atom stereocenters. The van der Waals surface area contributed by atoms with Crippen LogP contribution in [0, 0.1) is 20.8 Å². The molecule has 0 spiro atoms. The molecule has 0 fully saturated rings. The van der Waals surface area contributed by atoms with Gasteiger partial charge in [-0.15, -0.1) is 0 Å². The van der Waals surface area contributed by atoms with E-state index in [1.54, 1.807) is 6.07 Å². The first kappa shape index (κ1) is 42.6. The fraction of sp³-hybridized carbons (Fsp3) is 0.366. The summed E-state index contributed by atoms with van der Waals surface area (Å²) in [6.07, 6.45) is 2.52. The number of aromatic amines is 2. The Kier molecular flexibility index (Phi) is 13.8. The van der Waals surface area contributed by atoms with E-state index in [2.05, 4.69) is 154 Å². The lowest BCUT2D eigenvalue weighted by Gasteiger charge is -2.22. The molecule has 0 saturated heterocycles. The normalized spacial score (nSPS) is 11.6. The minimum absolute atomic E-state index is 0.0200. The highest BCUT2D eigenvalue weighted by Crippen LogP contribution is 2.35. The Morgan fingerprint density at radius 2 is 1.04 bits per heavy atom. The number of hydrogen-bond acceptors (Lipinski definition) is 6. The summed E-state index contributed by atoms with van der Waals surface area (Å²) < 4.78 is 0.448. The van der Waals surface area contributed by atoms with Crippen LogP contribution in [0.3, 0.4) is 0 Å². The lowest BCUT2D eigenvalue weighted by molar-refractivity contribution is 0.425. The van der Waals surface area contributed by atoms with Crippen LogP contribution in [0.15, 0.2) is 81.2 Å². The van der Waals surface area contributed by atoms with E-state index < -0.39 is 7.12 Å². The van der Waals surface area contributed by atoms with Gasteiger partial charge >= 0.3 is 7.12 Å². The van der Waals surface area contributed by atoms with Crippen LogP contribution in [0.4, 0.5) is 0 Å². The van der Waals surface area contributed by atoms with Crippen LogP contribution in [0.2, 0.25) is 5.15 Å². The first-order valence-corrected chi connectivity index (χ1v) is 18.2. The van der Waals surface area contributed by atoms with Crippen LogP contribution in [0.25, 0.3) is 22.5 Å². The van der Waals surface area contributed by atoms with E-state index in [4.69, 9.17) is 21.6 Å². The minimum atomic E-state index is -1.38. The largest absolute Gasteiger partial charge is 0.488 e. The summed E-state index contributed by atoms with van der Waals surface area (Å²) in [5.41, 5.74) is 10.8. The van der Waals surface area contributed by atoms with Crippen molar-refractivity contribution < 1.29 is 10.0 Å². The molecular formula is C41H51BBrClN4O4. The molecule has 11 heteroatoms. The minimum Gasteiger partial charge on any atom is -0.423 e. The van der Waals surface area contributed by atoms with Gasteiger partial charge < -0.3 is 20.0 Å². The molecule has 0 aliphatic rings. The van der Waals surface area contributed by atoms with Gasteiger partial charge in [0.1, 0.15) is 9.76 Å². The van der Waals surface area contributed by atoms with Gasteiger partial charge in [0, 0.05) is 11.1 Å². The van der Waals surface area contributed by atoms with Gasteiger partial charge in [-0.2, -0.15) is 0 Å². The number of aromatic nitrogens is 4. The summed E-state index contributed by atoms with van der Waals surface area (Å²) in [6.45, 7) is 25.7. The van der Waals surface area contributed by atoms with Gasteiger partial charge in [-0.3, -0.25) is 9.59 Å². The average Bonchev–Trinajstić information content (AvgIpc) is 3.01. The summed E-state index contributed by atoms with van der Waals surface area (Å²) in [6, 6.07) is 18.8. The molecule has 52 heavy (non-hydrogen) atoms. The summed E-state index contributed by atoms with van der Waals surface area (Å²) in [7, 11) is -1.38. The zero-order valence-electron chi connectivity index (χ0n) is 32.3. The second-order valence-corrected chi connectivity index (χ2v) is 17.4. The first-order chi connectivity index (χ1) is 23.8. The van der Waals surface area contributed by atoms with E-state index in [1.165, 1.54) is 28.5 Å². The van der Waals surface area contributed by atoms with Crippen molar-refractivity contribution in [3.8, 4) is 22.5 Å². The topological polar surface area (TPSA) is 132 Å². The quantitative estimate of drug-likeness (QED) is 0.136. The van der Waals surface area contributed by atoms with Crippen LogP contribution in [0.1, 0.15) is 95.7 Å². The number of rotatable bonds is 3. The summed E-state index contributed by atoms with van der Waals surface area (Å²) in [4.78, 5) is 36.2. The number of nitrogens with zero attached hydrogens (tertiary/aromatic N) is 2. The van der Waals surface area contributed by atoms with Gasteiger partial charge in [0.05, 0.1) is 23.8 Å². The first-order valence-electron chi connectivity index (χ1n) is 17.1. The van der Waals surface area contributed by atoms with Gasteiger partial charge in [0.15, 0.2) is 0 Å². The van der Waals surface area contributed by atoms with Crippen molar-refractivity contribution in [3.63, 3.8) is 0 Å². The number of nitrogens with one attached hydrogen (secondary N) is 2. The Bertz CT molecular complexity index is 2140. The van der Waals surface area contributed by atoms with Crippen molar-refractivity contribution in [1.82, 2.24) is 19.9 Å². The van der Waals surface area contributed by atoms with Crippen LogP contribution in [-0.4, -0.2) is 37.1 Å². The molecule has 0 radical (unpaired) electrons. The fourth-order valence-electron chi connectivity index (χ4n) is 5.30. The lowest BCUT2D eigenvalue weighted by atomic mass is 9.75. The number of halogens is 2. The zero-order chi connectivity index (χ0) is 39.3. The maximum absolute atomic E-state index is 12.2. The van der Waals surface area contributed by atoms with Gasteiger partial charge in [0.25, 0.3) is 11.1 Å². The molecule has 2 aromatic heterocycles. The summed E-state index contributed by atoms with van der Waals surface area (Å²) in [5, 5.41) is 18.4. The summed E-state index contributed by atoms with van der Waals surface area (Å²) in [5.74, 6) is 0. The Labute approximate surface area is 321 Å². The number of hydrogen-bond donors (Lipinski definition) is 4. The molecule has 4 N–H and O–H groups in total. The molecule has 0 aliphatic carbocycles. The van der Waals surface area contributed by atoms with Gasteiger partial charge in [-0.25, -0.2) is 9.97 Å². The lowest BCUT2D eigenvalue weighted by Crippen LogP contribution is -2.31. The third-order valence-corrected chi connectivity index (χ3v) is 9.32. The molecule has 5 rings (SSSR count). The van der Waals surface area contributed by atoms with E-state index in [9.17, 15) is 9.59 Å². The number of aryl methyl sites for hydroxylation is 3. The van der Waals surface area contributed by atoms with Crippen LogP contribution in [-0.2, 0) is 16.2 Å².